The van der Waals surface area contributed by atoms with Crippen LogP contribution in [0.2, 0.25) is 0 Å². The molecule has 1 atom stereocenters. The Labute approximate surface area is 102 Å². The number of nitriles is 1. The number of nitrogens with zero attached hydrogens (tertiary/aromatic N) is 4. The molecule has 1 aliphatic rings. The molecule has 1 aromatic heterocycles. The number of aromatic nitrogens is 2. The van der Waals surface area contributed by atoms with Crippen molar-refractivity contribution in [3.63, 3.8) is 0 Å². The van der Waals surface area contributed by atoms with E-state index in [1.165, 1.54) is 0 Å². The molecular formula is C12H19N5. The smallest absolute Gasteiger partial charge is 0.122 e. The summed E-state index contributed by atoms with van der Waals surface area (Å²) in [4.78, 5) is 6.70. The maximum Gasteiger partial charge on any atom is 0.122 e. The molecular weight excluding hydrogens is 214 g/mol. The van der Waals surface area contributed by atoms with Gasteiger partial charge in [-0.3, -0.25) is 4.90 Å². The minimum Gasteiger partial charge on any atom is -0.333 e. The predicted molar refractivity (Wildman–Crippen MR) is 65.2 cm³/mol. The normalized spacial score (nSPS) is 17.4. The maximum absolute atomic E-state index is 8.96. The van der Waals surface area contributed by atoms with Gasteiger partial charge in [-0.2, -0.15) is 5.26 Å². The fraction of sp³-hybridized carbons (Fsp3) is 0.667. The first-order valence-electron chi connectivity index (χ1n) is 6.19. The molecule has 5 nitrogen and oxygen atoms in total. The lowest BCUT2D eigenvalue weighted by molar-refractivity contribution is 0.210. The summed E-state index contributed by atoms with van der Waals surface area (Å²) in [6.45, 7) is 6.79. The van der Waals surface area contributed by atoms with E-state index < -0.39 is 0 Å². The molecule has 0 radical (unpaired) electrons. The van der Waals surface area contributed by atoms with Gasteiger partial charge in [-0.05, 0) is 13.0 Å². The largest absolute Gasteiger partial charge is 0.333 e. The quantitative estimate of drug-likeness (QED) is 0.808. The zero-order valence-corrected chi connectivity index (χ0v) is 10.3. The van der Waals surface area contributed by atoms with Crippen molar-refractivity contribution in [2.75, 3.05) is 19.6 Å². The molecule has 17 heavy (non-hydrogen) atoms. The zero-order chi connectivity index (χ0) is 12.1. The van der Waals surface area contributed by atoms with E-state index in [-0.39, 0.29) is 6.04 Å². The van der Waals surface area contributed by atoms with E-state index in [1.807, 2.05) is 19.3 Å². The number of fused-ring (bicyclic) bond motifs is 1. The van der Waals surface area contributed by atoms with E-state index in [0.29, 0.717) is 0 Å². The predicted octanol–water partition coefficient (Wildman–Crippen LogP) is 0.590. The van der Waals surface area contributed by atoms with Crippen LogP contribution < -0.4 is 5.32 Å². The average molecular weight is 233 g/mol. The second-order valence-corrected chi connectivity index (χ2v) is 4.34. The van der Waals surface area contributed by atoms with Crippen molar-refractivity contribution in [1.82, 2.24) is 19.8 Å². The summed E-state index contributed by atoms with van der Waals surface area (Å²) >= 11 is 0. The molecule has 1 aromatic rings. The third-order valence-corrected chi connectivity index (χ3v) is 3.16. The van der Waals surface area contributed by atoms with Crippen LogP contribution in [0.5, 0.6) is 0 Å². The van der Waals surface area contributed by atoms with Crippen molar-refractivity contribution in [2.45, 2.75) is 32.5 Å². The summed E-state index contributed by atoms with van der Waals surface area (Å²) in [7, 11) is 0. The standard InChI is InChI=1S/C12H19N5/c1-2-14-11(9-13)3-5-16-7-8-17-6-4-15-12(17)10-16/h4,6,11,14H,2-3,5,7-8,10H2,1H3. The molecule has 5 heteroatoms. The van der Waals surface area contributed by atoms with Crippen molar-refractivity contribution in [3.05, 3.63) is 18.2 Å². The molecule has 0 fully saturated rings. The molecule has 1 unspecified atom stereocenters. The second kappa shape index (κ2) is 5.80. The van der Waals surface area contributed by atoms with Crippen LogP contribution in [-0.2, 0) is 13.1 Å². The van der Waals surface area contributed by atoms with Crippen LogP contribution in [-0.4, -0.2) is 40.1 Å². The van der Waals surface area contributed by atoms with Gasteiger partial charge in [-0.25, -0.2) is 4.98 Å². The SMILES string of the molecule is CCNC(C#N)CCN1CCn2ccnc2C1. The molecule has 0 bridgehead atoms. The first-order chi connectivity index (χ1) is 8.33. The van der Waals surface area contributed by atoms with Crippen molar-refractivity contribution in [1.29, 1.82) is 5.26 Å². The molecule has 0 saturated carbocycles. The zero-order valence-electron chi connectivity index (χ0n) is 10.3. The van der Waals surface area contributed by atoms with Gasteiger partial charge in [0.2, 0.25) is 0 Å². The highest BCUT2D eigenvalue weighted by molar-refractivity contribution is 4.96. The molecule has 92 valence electrons. The summed E-state index contributed by atoms with van der Waals surface area (Å²) in [6.07, 6.45) is 4.77. The fourth-order valence-corrected chi connectivity index (χ4v) is 2.18. The van der Waals surface area contributed by atoms with E-state index in [2.05, 4.69) is 25.8 Å². The number of nitrogens with one attached hydrogen (secondary N) is 1. The summed E-state index contributed by atoms with van der Waals surface area (Å²) < 4.78 is 2.20. The Balaban J connectivity index is 1.80. The Kier molecular flexibility index (Phi) is 4.13. The van der Waals surface area contributed by atoms with Crippen molar-refractivity contribution < 1.29 is 0 Å². The summed E-state index contributed by atoms with van der Waals surface area (Å²) in [5, 5.41) is 12.1. The fourth-order valence-electron chi connectivity index (χ4n) is 2.18. The molecule has 2 heterocycles. The first kappa shape index (κ1) is 12.1. The van der Waals surface area contributed by atoms with Gasteiger partial charge in [0.15, 0.2) is 0 Å². The van der Waals surface area contributed by atoms with E-state index in [4.69, 9.17) is 5.26 Å². The van der Waals surface area contributed by atoms with E-state index in [0.717, 1.165) is 45.0 Å². The molecule has 0 spiro atoms. The second-order valence-electron chi connectivity index (χ2n) is 4.34. The maximum atomic E-state index is 8.96. The summed E-state index contributed by atoms with van der Waals surface area (Å²) in [5.41, 5.74) is 0. The molecule has 1 aliphatic heterocycles. The van der Waals surface area contributed by atoms with Gasteiger partial charge in [-0.15, -0.1) is 0 Å². The third-order valence-electron chi connectivity index (χ3n) is 3.16. The third kappa shape index (κ3) is 3.05. The van der Waals surface area contributed by atoms with E-state index >= 15 is 0 Å². The molecule has 2 rings (SSSR count). The van der Waals surface area contributed by atoms with Gasteiger partial charge in [0.25, 0.3) is 0 Å². The van der Waals surface area contributed by atoms with Gasteiger partial charge in [0, 0.05) is 32.0 Å². The lowest BCUT2D eigenvalue weighted by Crippen LogP contribution is -2.37. The van der Waals surface area contributed by atoms with Crippen LogP contribution in [0.25, 0.3) is 0 Å². The minimum atomic E-state index is -0.0262. The molecule has 0 saturated heterocycles. The molecule has 0 aromatic carbocycles. The van der Waals surface area contributed by atoms with E-state index in [9.17, 15) is 0 Å². The Bertz CT molecular complexity index is 392. The minimum absolute atomic E-state index is 0.0262. The van der Waals surface area contributed by atoms with Crippen LogP contribution >= 0.6 is 0 Å². The molecule has 0 amide bonds. The summed E-state index contributed by atoms with van der Waals surface area (Å²) in [6, 6.07) is 2.27. The highest BCUT2D eigenvalue weighted by atomic mass is 15.2. The van der Waals surface area contributed by atoms with Crippen LogP contribution in [0, 0.1) is 11.3 Å². The van der Waals surface area contributed by atoms with Crippen molar-refractivity contribution >= 4 is 0 Å². The Morgan fingerprint density at radius 2 is 2.47 bits per heavy atom. The van der Waals surface area contributed by atoms with Crippen molar-refractivity contribution in [3.8, 4) is 6.07 Å². The van der Waals surface area contributed by atoms with Crippen LogP contribution in [0.1, 0.15) is 19.2 Å². The summed E-state index contributed by atoms with van der Waals surface area (Å²) in [5.74, 6) is 1.13. The van der Waals surface area contributed by atoms with Gasteiger partial charge >= 0.3 is 0 Å². The number of hydrogen-bond donors (Lipinski definition) is 1. The Hall–Kier alpha value is -1.38. The van der Waals surface area contributed by atoms with Gasteiger partial charge in [0.05, 0.1) is 18.7 Å². The number of hydrogen-bond acceptors (Lipinski definition) is 4. The van der Waals surface area contributed by atoms with Crippen LogP contribution in [0.3, 0.4) is 0 Å². The number of rotatable bonds is 5. The monoisotopic (exact) mass is 233 g/mol. The van der Waals surface area contributed by atoms with Crippen LogP contribution in [0.15, 0.2) is 12.4 Å². The lowest BCUT2D eigenvalue weighted by atomic mass is 10.2. The Morgan fingerprint density at radius 3 is 3.24 bits per heavy atom. The average Bonchev–Trinajstić information content (AvgIpc) is 2.81. The van der Waals surface area contributed by atoms with Gasteiger partial charge in [-0.1, -0.05) is 6.92 Å². The molecule has 0 aliphatic carbocycles. The number of imidazole rings is 1. The highest BCUT2D eigenvalue weighted by Crippen LogP contribution is 2.10. The molecule has 1 N–H and O–H groups in total. The highest BCUT2D eigenvalue weighted by Gasteiger charge is 2.17. The first-order valence-corrected chi connectivity index (χ1v) is 6.19. The Morgan fingerprint density at radius 1 is 1.59 bits per heavy atom. The lowest BCUT2D eigenvalue weighted by Gasteiger charge is -2.28. The van der Waals surface area contributed by atoms with Crippen LogP contribution in [0.4, 0.5) is 0 Å². The van der Waals surface area contributed by atoms with E-state index in [1.54, 1.807) is 0 Å². The van der Waals surface area contributed by atoms with Gasteiger partial charge < -0.3 is 9.88 Å². The van der Waals surface area contributed by atoms with Gasteiger partial charge in [0.1, 0.15) is 5.82 Å². The van der Waals surface area contributed by atoms with Crippen molar-refractivity contribution in [2.24, 2.45) is 0 Å². The topological polar surface area (TPSA) is 56.9 Å².